The van der Waals surface area contributed by atoms with E-state index >= 15 is 0 Å². The van der Waals surface area contributed by atoms with Crippen molar-refractivity contribution in [1.29, 1.82) is 0 Å². The van der Waals surface area contributed by atoms with E-state index in [2.05, 4.69) is 32.2 Å². The number of unbranched alkanes of at least 4 members (excludes halogenated alkanes) is 1. The van der Waals surface area contributed by atoms with Crippen molar-refractivity contribution in [3.05, 3.63) is 24.3 Å². The number of benzene rings is 1. The Morgan fingerprint density at radius 3 is 2.65 bits per heavy atom. The van der Waals surface area contributed by atoms with E-state index in [1.807, 2.05) is 18.2 Å². The molecule has 0 aliphatic heterocycles. The minimum atomic E-state index is 0.501. The van der Waals surface area contributed by atoms with Crippen molar-refractivity contribution in [2.75, 3.05) is 11.9 Å². The molecule has 2 nitrogen and oxygen atoms in total. The highest BCUT2D eigenvalue weighted by molar-refractivity contribution is 5.56. The number of hydrogen-bond donors (Lipinski definition) is 1. The van der Waals surface area contributed by atoms with Crippen molar-refractivity contribution in [3.8, 4) is 5.75 Å². The molecule has 0 saturated heterocycles. The minimum Gasteiger partial charge on any atom is -0.491 e. The molecule has 1 aromatic carbocycles. The zero-order chi connectivity index (χ0) is 12.5. The Balaban J connectivity index is 2.56. The molecule has 1 unspecified atom stereocenters. The second kappa shape index (κ2) is 7.99. The Bertz CT molecular complexity index is 312. The van der Waals surface area contributed by atoms with E-state index in [0.717, 1.165) is 24.5 Å². The van der Waals surface area contributed by atoms with Gasteiger partial charge in [-0.05, 0) is 31.9 Å². The van der Waals surface area contributed by atoms with Gasteiger partial charge in [0.1, 0.15) is 5.75 Å². The molecule has 1 atom stereocenters. The first-order chi connectivity index (χ1) is 8.27. The van der Waals surface area contributed by atoms with Gasteiger partial charge in [-0.2, -0.15) is 0 Å². The van der Waals surface area contributed by atoms with Gasteiger partial charge in [0.25, 0.3) is 0 Å². The van der Waals surface area contributed by atoms with E-state index in [-0.39, 0.29) is 0 Å². The van der Waals surface area contributed by atoms with Crippen LogP contribution >= 0.6 is 0 Å². The number of anilines is 1. The third kappa shape index (κ3) is 5.12. The fourth-order valence-corrected chi connectivity index (χ4v) is 1.77. The van der Waals surface area contributed by atoms with Gasteiger partial charge in [-0.25, -0.2) is 0 Å². The van der Waals surface area contributed by atoms with E-state index in [1.54, 1.807) is 0 Å². The number of hydrogen-bond acceptors (Lipinski definition) is 2. The molecular formula is C15H25NO. The van der Waals surface area contributed by atoms with Crippen LogP contribution < -0.4 is 10.1 Å². The van der Waals surface area contributed by atoms with Crippen LogP contribution in [0.4, 0.5) is 5.69 Å². The standard InChI is InChI=1S/C15H25NO/c1-4-6-9-13(3)16-14-10-7-8-11-15(14)17-12-5-2/h7-8,10-11,13,16H,4-6,9,12H2,1-3H3. The molecule has 0 saturated carbocycles. The molecule has 96 valence electrons. The monoisotopic (exact) mass is 235 g/mol. The third-order valence-corrected chi connectivity index (χ3v) is 2.74. The molecule has 0 heterocycles. The Morgan fingerprint density at radius 2 is 1.94 bits per heavy atom. The fourth-order valence-electron chi connectivity index (χ4n) is 1.77. The van der Waals surface area contributed by atoms with Crippen LogP contribution in [-0.4, -0.2) is 12.6 Å². The van der Waals surface area contributed by atoms with Gasteiger partial charge in [0, 0.05) is 6.04 Å². The van der Waals surface area contributed by atoms with Gasteiger partial charge in [-0.1, -0.05) is 38.8 Å². The van der Waals surface area contributed by atoms with E-state index in [4.69, 9.17) is 4.74 Å². The lowest BCUT2D eigenvalue weighted by Crippen LogP contribution is -2.15. The smallest absolute Gasteiger partial charge is 0.142 e. The molecule has 0 aliphatic carbocycles. The molecule has 1 aromatic rings. The lowest BCUT2D eigenvalue weighted by Gasteiger charge is -2.18. The Kier molecular flexibility index (Phi) is 6.53. The molecule has 1 rings (SSSR count). The first kappa shape index (κ1) is 13.9. The maximum Gasteiger partial charge on any atom is 0.142 e. The topological polar surface area (TPSA) is 21.3 Å². The second-order valence-corrected chi connectivity index (χ2v) is 4.53. The molecule has 0 aromatic heterocycles. The molecular weight excluding hydrogens is 210 g/mol. The van der Waals surface area contributed by atoms with Gasteiger partial charge in [-0.15, -0.1) is 0 Å². The van der Waals surface area contributed by atoms with Crippen molar-refractivity contribution < 1.29 is 4.74 Å². The summed E-state index contributed by atoms with van der Waals surface area (Å²) in [4.78, 5) is 0. The largest absolute Gasteiger partial charge is 0.491 e. The van der Waals surface area contributed by atoms with Crippen LogP contribution in [-0.2, 0) is 0 Å². The number of ether oxygens (including phenoxy) is 1. The summed E-state index contributed by atoms with van der Waals surface area (Å²) < 4.78 is 5.73. The van der Waals surface area contributed by atoms with Crippen molar-refractivity contribution in [1.82, 2.24) is 0 Å². The van der Waals surface area contributed by atoms with Gasteiger partial charge in [0.2, 0.25) is 0 Å². The van der Waals surface area contributed by atoms with Crippen LogP contribution in [0, 0.1) is 0 Å². The van der Waals surface area contributed by atoms with Crippen molar-refractivity contribution in [2.45, 2.75) is 52.5 Å². The SMILES string of the molecule is CCCCC(C)Nc1ccccc1OCCC. The quantitative estimate of drug-likeness (QED) is 0.718. The summed E-state index contributed by atoms with van der Waals surface area (Å²) in [5, 5.41) is 3.53. The lowest BCUT2D eigenvalue weighted by molar-refractivity contribution is 0.318. The average Bonchev–Trinajstić information content (AvgIpc) is 2.35. The van der Waals surface area contributed by atoms with Gasteiger partial charge in [0.15, 0.2) is 0 Å². The van der Waals surface area contributed by atoms with Crippen LogP contribution in [0.1, 0.15) is 46.5 Å². The van der Waals surface area contributed by atoms with Crippen LogP contribution in [0.2, 0.25) is 0 Å². The Labute approximate surface area is 105 Å². The summed E-state index contributed by atoms with van der Waals surface area (Å²) >= 11 is 0. The third-order valence-electron chi connectivity index (χ3n) is 2.74. The zero-order valence-corrected chi connectivity index (χ0v) is 11.3. The van der Waals surface area contributed by atoms with E-state index in [1.165, 1.54) is 19.3 Å². The lowest BCUT2D eigenvalue weighted by atomic mass is 10.1. The summed E-state index contributed by atoms with van der Waals surface area (Å²) in [6, 6.07) is 8.69. The maximum absolute atomic E-state index is 5.73. The zero-order valence-electron chi connectivity index (χ0n) is 11.3. The van der Waals surface area contributed by atoms with Crippen LogP contribution in [0.3, 0.4) is 0 Å². The van der Waals surface area contributed by atoms with Crippen molar-refractivity contribution in [2.24, 2.45) is 0 Å². The fraction of sp³-hybridized carbons (Fsp3) is 0.600. The van der Waals surface area contributed by atoms with Gasteiger partial charge < -0.3 is 10.1 Å². The van der Waals surface area contributed by atoms with Gasteiger partial charge in [0.05, 0.1) is 12.3 Å². The number of para-hydroxylation sites is 2. The molecule has 0 spiro atoms. The minimum absolute atomic E-state index is 0.501. The second-order valence-electron chi connectivity index (χ2n) is 4.53. The molecule has 0 aliphatic rings. The van der Waals surface area contributed by atoms with Crippen LogP contribution in [0.5, 0.6) is 5.75 Å². The van der Waals surface area contributed by atoms with E-state index in [0.29, 0.717) is 6.04 Å². The van der Waals surface area contributed by atoms with Gasteiger partial charge in [-0.3, -0.25) is 0 Å². The first-order valence-electron chi connectivity index (χ1n) is 6.76. The highest BCUT2D eigenvalue weighted by atomic mass is 16.5. The maximum atomic E-state index is 5.73. The Hall–Kier alpha value is -1.18. The summed E-state index contributed by atoms with van der Waals surface area (Å²) in [7, 11) is 0. The predicted molar refractivity (Wildman–Crippen MR) is 74.8 cm³/mol. The average molecular weight is 235 g/mol. The molecule has 0 radical (unpaired) electrons. The number of rotatable bonds is 8. The predicted octanol–water partition coefficient (Wildman–Crippen LogP) is 4.47. The summed E-state index contributed by atoms with van der Waals surface area (Å²) in [6.45, 7) is 7.36. The summed E-state index contributed by atoms with van der Waals surface area (Å²) in [6.07, 6.45) is 4.77. The first-order valence-corrected chi connectivity index (χ1v) is 6.76. The molecule has 0 bridgehead atoms. The normalized spacial score (nSPS) is 12.2. The number of nitrogens with one attached hydrogen (secondary N) is 1. The highest BCUT2D eigenvalue weighted by Crippen LogP contribution is 2.25. The van der Waals surface area contributed by atoms with E-state index < -0.39 is 0 Å². The van der Waals surface area contributed by atoms with E-state index in [9.17, 15) is 0 Å². The molecule has 0 amide bonds. The Morgan fingerprint density at radius 1 is 1.18 bits per heavy atom. The summed E-state index contributed by atoms with van der Waals surface area (Å²) in [5.41, 5.74) is 1.12. The summed E-state index contributed by atoms with van der Waals surface area (Å²) in [5.74, 6) is 0.970. The van der Waals surface area contributed by atoms with Gasteiger partial charge >= 0.3 is 0 Å². The molecule has 1 N–H and O–H groups in total. The molecule has 17 heavy (non-hydrogen) atoms. The molecule has 2 heteroatoms. The van der Waals surface area contributed by atoms with Crippen LogP contribution in [0.25, 0.3) is 0 Å². The van der Waals surface area contributed by atoms with Crippen LogP contribution in [0.15, 0.2) is 24.3 Å². The van der Waals surface area contributed by atoms with Crippen molar-refractivity contribution >= 4 is 5.69 Å². The highest BCUT2D eigenvalue weighted by Gasteiger charge is 2.06. The molecule has 0 fully saturated rings. The van der Waals surface area contributed by atoms with Crippen molar-refractivity contribution in [3.63, 3.8) is 0 Å².